The maximum absolute atomic E-state index is 11.9. The van der Waals surface area contributed by atoms with Gasteiger partial charge in [0.1, 0.15) is 6.17 Å². The Kier molecular flexibility index (Phi) is 17.4. The maximum atomic E-state index is 11.9. The van der Waals surface area contributed by atoms with Crippen LogP contribution in [0, 0.1) is 0 Å². The van der Waals surface area contributed by atoms with Gasteiger partial charge >= 0.3 is 0 Å². The second-order valence-electron chi connectivity index (χ2n) is 10.2. The lowest BCUT2D eigenvalue weighted by atomic mass is 10.0. The van der Waals surface area contributed by atoms with Crippen LogP contribution >= 0.6 is 11.8 Å². The van der Waals surface area contributed by atoms with E-state index in [2.05, 4.69) is 45.9 Å². The van der Waals surface area contributed by atoms with Gasteiger partial charge in [0.05, 0.1) is 11.4 Å². The molecule has 1 heterocycles. The molecule has 0 aliphatic rings. The summed E-state index contributed by atoms with van der Waals surface area (Å²) in [6.07, 6.45) is 19.5. The van der Waals surface area contributed by atoms with Gasteiger partial charge in [-0.25, -0.2) is 0 Å². The molecule has 0 aliphatic carbocycles. The van der Waals surface area contributed by atoms with Gasteiger partial charge in [0.15, 0.2) is 0 Å². The molecular weight excluding hydrogens is 536 g/mol. The normalized spacial score (nSPS) is 13.9. The van der Waals surface area contributed by atoms with Crippen molar-refractivity contribution >= 4 is 24.1 Å². The van der Waals surface area contributed by atoms with Crippen LogP contribution in [0.1, 0.15) is 96.6 Å². The van der Waals surface area contributed by atoms with Gasteiger partial charge in [0.25, 0.3) is 0 Å². The molecule has 1 aromatic heterocycles. The number of amides is 2. The van der Waals surface area contributed by atoms with Gasteiger partial charge in [0.2, 0.25) is 18.1 Å². The Morgan fingerprint density at radius 1 is 1.10 bits per heavy atom. The third kappa shape index (κ3) is 13.5. The number of allylic oxidation sites excluding steroid dienone is 3. The fourth-order valence-electron chi connectivity index (χ4n) is 4.44. The molecule has 0 aliphatic heterocycles. The first-order valence-electron chi connectivity index (χ1n) is 14.9. The first-order valence-corrected chi connectivity index (χ1v) is 16.0. The van der Waals surface area contributed by atoms with E-state index in [1.54, 1.807) is 4.90 Å². The van der Waals surface area contributed by atoms with Crippen molar-refractivity contribution in [2.75, 3.05) is 12.3 Å². The summed E-state index contributed by atoms with van der Waals surface area (Å²) in [5.74, 6) is 0.684. The van der Waals surface area contributed by atoms with Gasteiger partial charge in [-0.15, -0.1) is 22.0 Å². The summed E-state index contributed by atoms with van der Waals surface area (Å²) in [6.45, 7) is 6.31. The summed E-state index contributed by atoms with van der Waals surface area (Å²) in [7, 11) is 0. The molecule has 9 nitrogen and oxygen atoms in total. The summed E-state index contributed by atoms with van der Waals surface area (Å²) >= 11 is 1.50. The first kappa shape index (κ1) is 34.2. The zero-order valence-corrected chi connectivity index (χ0v) is 25.7. The Labute approximate surface area is 249 Å². The van der Waals surface area contributed by atoms with E-state index in [1.807, 2.05) is 42.5 Å². The van der Waals surface area contributed by atoms with Crippen LogP contribution in [-0.2, 0) is 9.59 Å². The van der Waals surface area contributed by atoms with Crippen LogP contribution in [0.25, 0.3) is 11.4 Å². The molecule has 2 rings (SSSR count). The Morgan fingerprint density at radius 2 is 1.85 bits per heavy atom. The van der Waals surface area contributed by atoms with Gasteiger partial charge in [0, 0.05) is 24.8 Å². The molecule has 0 radical (unpaired) electrons. The zero-order valence-electron chi connectivity index (χ0n) is 24.9. The van der Waals surface area contributed by atoms with E-state index in [-0.39, 0.29) is 11.2 Å². The molecule has 2 aromatic rings. The van der Waals surface area contributed by atoms with Crippen LogP contribution in [-0.4, -0.2) is 66.7 Å². The van der Waals surface area contributed by atoms with E-state index in [1.165, 1.54) is 63.6 Å². The molecule has 0 spiro atoms. The number of hydrogen-bond donors (Lipinski definition) is 3. The Bertz CT molecular complexity index is 1050. The number of aromatic nitrogens is 4. The fraction of sp³-hybridized carbons (Fsp3) is 0.581. The lowest BCUT2D eigenvalue weighted by molar-refractivity contribution is -0.124. The van der Waals surface area contributed by atoms with Crippen molar-refractivity contribution in [1.29, 1.82) is 0 Å². The van der Waals surface area contributed by atoms with E-state index in [9.17, 15) is 14.7 Å². The molecule has 0 saturated heterocycles. The number of hydrogen-bond acceptors (Lipinski definition) is 7. The molecule has 0 unspecified atom stereocenters. The van der Waals surface area contributed by atoms with E-state index in [0.29, 0.717) is 18.1 Å². The zero-order chi connectivity index (χ0) is 29.7. The Hall–Kier alpha value is -2.98. The number of nitrogens with one attached hydrogen (secondary N) is 2. The lowest BCUT2D eigenvalue weighted by Crippen LogP contribution is -2.49. The molecule has 3 atom stereocenters. The topological polar surface area (TPSA) is 124 Å². The smallest absolute Gasteiger partial charge is 0.218 e. The van der Waals surface area contributed by atoms with E-state index >= 15 is 0 Å². The number of unbranched alkanes of at least 4 members (excludes halogenated alkanes) is 8. The van der Waals surface area contributed by atoms with Gasteiger partial charge in [-0.3, -0.25) is 9.59 Å². The van der Waals surface area contributed by atoms with Crippen LogP contribution in [0.15, 0.2) is 48.6 Å². The van der Waals surface area contributed by atoms with Crippen molar-refractivity contribution in [2.45, 2.75) is 102 Å². The van der Waals surface area contributed by atoms with Gasteiger partial charge in [-0.2, -0.15) is 5.21 Å². The molecule has 0 bridgehead atoms. The van der Waals surface area contributed by atoms with Crippen molar-refractivity contribution in [3.63, 3.8) is 0 Å². The fourth-order valence-corrected chi connectivity index (χ4v) is 5.66. The Balaban J connectivity index is 2.11. The summed E-state index contributed by atoms with van der Waals surface area (Å²) in [6, 6.07) is 7.46. The highest BCUT2D eigenvalue weighted by Crippen LogP contribution is 2.30. The summed E-state index contributed by atoms with van der Waals surface area (Å²) in [5, 5.41) is 28.2. The largest absolute Gasteiger partial charge is 0.387 e. The molecule has 226 valence electrons. The average molecular weight is 585 g/mol. The molecule has 2 amide bonds. The SMILES string of the molecule is CCCCCCCCC/C=C\C=C\[C@@H](SC[C@H](NC(C)=O)N(C=O)CCCC)[C@@H](O)c1cccc(-c2nn[nH]n2)c1. The summed E-state index contributed by atoms with van der Waals surface area (Å²) < 4.78 is 0. The van der Waals surface area contributed by atoms with Gasteiger partial charge < -0.3 is 15.3 Å². The maximum Gasteiger partial charge on any atom is 0.218 e. The minimum Gasteiger partial charge on any atom is -0.387 e. The van der Waals surface area contributed by atoms with Crippen LogP contribution in [0.2, 0.25) is 0 Å². The second-order valence-corrected chi connectivity index (χ2v) is 11.5. The highest BCUT2D eigenvalue weighted by atomic mass is 32.2. The van der Waals surface area contributed by atoms with Gasteiger partial charge in [-0.05, 0) is 36.1 Å². The first-order chi connectivity index (χ1) is 20.0. The number of benzene rings is 1. The number of aromatic amines is 1. The summed E-state index contributed by atoms with van der Waals surface area (Å²) in [5.41, 5.74) is 1.47. The molecule has 0 saturated carbocycles. The number of rotatable bonds is 22. The third-order valence-electron chi connectivity index (χ3n) is 6.79. The number of aliphatic hydroxyl groups excluding tert-OH is 1. The second kappa shape index (κ2) is 20.8. The monoisotopic (exact) mass is 584 g/mol. The van der Waals surface area contributed by atoms with E-state index in [0.717, 1.165) is 36.8 Å². The van der Waals surface area contributed by atoms with Gasteiger partial charge in [-0.1, -0.05) is 101 Å². The number of tetrazole rings is 1. The van der Waals surface area contributed by atoms with Crippen molar-refractivity contribution in [3.05, 3.63) is 54.1 Å². The minimum absolute atomic E-state index is 0.201. The highest BCUT2D eigenvalue weighted by Gasteiger charge is 2.24. The molecule has 0 fully saturated rings. The number of carbonyl (C=O) groups is 2. The van der Waals surface area contributed by atoms with Crippen molar-refractivity contribution < 1.29 is 14.7 Å². The number of H-pyrrole nitrogens is 1. The van der Waals surface area contributed by atoms with Crippen LogP contribution in [0.5, 0.6) is 0 Å². The van der Waals surface area contributed by atoms with Crippen LogP contribution < -0.4 is 5.32 Å². The van der Waals surface area contributed by atoms with Crippen LogP contribution in [0.4, 0.5) is 0 Å². The summed E-state index contributed by atoms with van der Waals surface area (Å²) in [4.78, 5) is 25.4. The molecule has 41 heavy (non-hydrogen) atoms. The van der Waals surface area contributed by atoms with Crippen LogP contribution in [0.3, 0.4) is 0 Å². The number of nitrogens with zero attached hydrogens (tertiary/aromatic N) is 4. The number of aliphatic hydroxyl groups is 1. The van der Waals surface area contributed by atoms with E-state index < -0.39 is 12.3 Å². The third-order valence-corrected chi connectivity index (χ3v) is 8.10. The average Bonchev–Trinajstić information content (AvgIpc) is 3.52. The Morgan fingerprint density at radius 3 is 2.54 bits per heavy atom. The van der Waals surface area contributed by atoms with Crippen molar-refractivity contribution in [3.8, 4) is 11.4 Å². The predicted molar refractivity (Wildman–Crippen MR) is 167 cm³/mol. The molecular formula is C31H48N6O3S. The lowest BCUT2D eigenvalue weighted by Gasteiger charge is -2.30. The molecule has 3 N–H and O–H groups in total. The van der Waals surface area contributed by atoms with E-state index in [4.69, 9.17) is 0 Å². The number of carbonyl (C=O) groups excluding carboxylic acids is 2. The number of thioether (sulfide) groups is 1. The minimum atomic E-state index is -0.835. The van der Waals surface area contributed by atoms with Crippen molar-refractivity contribution in [2.24, 2.45) is 0 Å². The highest BCUT2D eigenvalue weighted by molar-refractivity contribution is 8.00. The predicted octanol–water partition coefficient (Wildman–Crippen LogP) is 5.98. The standard InChI is InChI=1S/C31H48N6O3S/c1-4-6-8-9-10-11-12-13-14-15-16-20-28(41-23-29(32-25(3)39)37(24-38)21-7-5-2)30(40)26-18-17-19-27(22-26)31-33-35-36-34-31/h14-20,22,24,28-30,40H,4-13,21,23H2,1-3H3,(H,32,39)(H,33,34,35,36)/b15-14-,20-16+/t28-,29-,30+/m1/s1. The molecule has 1 aromatic carbocycles. The quantitative estimate of drug-likeness (QED) is 0.0673. The molecule has 10 heteroatoms. The van der Waals surface area contributed by atoms with Crippen molar-refractivity contribution in [1.82, 2.24) is 30.8 Å².